The number of halogens is 1. The number of anilines is 1. The lowest BCUT2D eigenvalue weighted by molar-refractivity contribution is -0.157. The average molecular weight is 549 g/mol. The number of carbonyl (C=O) groups is 3. The Labute approximate surface area is 231 Å². The third kappa shape index (κ3) is 3.92. The highest BCUT2D eigenvalue weighted by Gasteiger charge is 2.75. The van der Waals surface area contributed by atoms with Crippen LogP contribution in [0.4, 0.5) is 5.69 Å². The number of cyclic esters (lactones) is 1. The lowest BCUT2D eigenvalue weighted by Crippen LogP contribution is -2.59. The van der Waals surface area contributed by atoms with Crippen molar-refractivity contribution in [2.75, 3.05) is 24.7 Å². The van der Waals surface area contributed by atoms with Gasteiger partial charge in [-0.25, -0.2) is 0 Å². The summed E-state index contributed by atoms with van der Waals surface area (Å²) in [5.74, 6) is -3.34. The second-order valence-electron chi connectivity index (χ2n) is 10.6. The van der Waals surface area contributed by atoms with Crippen molar-refractivity contribution in [2.45, 2.75) is 36.6 Å². The lowest BCUT2D eigenvalue weighted by Gasteiger charge is -2.40. The summed E-state index contributed by atoms with van der Waals surface area (Å²) in [7, 11) is 0. The Morgan fingerprint density at radius 2 is 1.74 bits per heavy atom. The maximum Gasteiger partial charge on any atom is 0.313 e. The monoisotopic (exact) mass is 548 g/mol. The molecule has 0 aromatic heterocycles. The molecule has 0 aliphatic carbocycles. The number of hydrogen-bond donors (Lipinski definition) is 1. The fourth-order valence-corrected chi connectivity index (χ4v) is 6.95. The smallest absolute Gasteiger partial charge is 0.313 e. The summed E-state index contributed by atoms with van der Waals surface area (Å²) in [5.41, 5.74) is -1.20. The first-order valence-electron chi connectivity index (χ1n) is 13.1. The van der Waals surface area contributed by atoms with Crippen molar-refractivity contribution in [3.8, 4) is 0 Å². The molecule has 4 aliphatic rings. The molecule has 39 heavy (non-hydrogen) atoms. The van der Waals surface area contributed by atoms with Gasteiger partial charge in [-0.15, -0.1) is 0 Å². The number of para-hydroxylation sites is 1. The van der Waals surface area contributed by atoms with Crippen molar-refractivity contribution < 1.29 is 29.0 Å². The molecule has 6 atom stereocenters. The Morgan fingerprint density at radius 3 is 2.49 bits per heavy atom. The van der Waals surface area contributed by atoms with E-state index in [0.717, 1.165) is 5.56 Å². The van der Waals surface area contributed by atoms with Gasteiger partial charge in [-0.3, -0.25) is 14.4 Å². The summed E-state index contributed by atoms with van der Waals surface area (Å²) in [6.45, 7) is 1.65. The molecule has 2 aromatic rings. The summed E-state index contributed by atoms with van der Waals surface area (Å²) in [6, 6.07) is 14.6. The number of carbonyl (C=O) groups excluding carboxylic acids is 3. The third-order valence-electron chi connectivity index (χ3n) is 8.31. The summed E-state index contributed by atoms with van der Waals surface area (Å²) in [4.78, 5) is 45.3. The first-order valence-corrected chi connectivity index (χ1v) is 13.4. The van der Waals surface area contributed by atoms with E-state index in [2.05, 4.69) is 0 Å². The van der Waals surface area contributed by atoms with Crippen molar-refractivity contribution in [1.82, 2.24) is 4.90 Å². The van der Waals surface area contributed by atoms with Crippen LogP contribution in [-0.2, 0) is 30.3 Å². The number of aliphatic hydroxyl groups excluding tert-OH is 1. The number of rotatable bonds is 5. The van der Waals surface area contributed by atoms with E-state index in [9.17, 15) is 19.5 Å². The quantitative estimate of drug-likeness (QED) is 0.456. The first kappa shape index (κ1) is 25.8. The molecule has 1 spiro atoms. The molecule has 4 aliphatic heterocycles. The van der Waals surface area contributed by atoms with Gasteiger partial charge in [0.2, 0.25) is 5.91 Å². The largest absolute Gasteiger partial charge is 0.461 e. The number of likely N-dealkylation sites (tertiary alicyclic amines) is 1. The zero-order chi connectivity index (χ0) is 27.4. The van der Waals surface area contributed by atoms with Crippen molar-refractivity contribution in [1.29, 1.82) is 0 Å². The van der Waals surface area contributed by atoms with Gasteiger partial charge in [-0.1, -0.05) is 72.3 Å². The normalized spacial score (nSPS) is 32.3. The molecule has 2 saturated heterocycles. The van der Waals surface area contributed by atoms with Crippen LogP contribution < -0.4 is 4.90 Å². The van der Waals surface area contributed by atoms with E-state index in [1.165, 1.54) is 9.80 Å². The molecule has 2 amide bonds. The second kappa shape index (κ2) is 9.62. The molecule has 8 nitrogen and oxygen atoms in total. The molecule has 2 aromatic carbocycles. The Morgan fingerprint density at radius 1 is 1.00 bits per heavy atom. The second-order valence-corrected chi connectivity index (χ2v) is 11.0. The van der Waals surface area contributed by atoms with Crippen LogP contribution in [0.2, 0.25) is 5.02 Å². The standard InChI is InChI=1S/C30H29ClN2O6/c1-29-13-8-16-38-28(37)24(29)23-26(35)33(20(18-34)17-19-9-3-2-4-10-19)25-27(36)32(15-7-14-30(23,25)39-29)22-12-6-5-11-21(22)31/h2-14,20,23-25,34H,15-18H2,1H3/t20-,23+,24+,25?,29-,30+/m1/s1. The van der Waals surface area contributed by atoms with E-state index >= 15 is 0 Å². The van der Waals surface area contributed by atoms with Gasteiger partial charge in [0, 0.05) is 6.54 Å². The SMILES string of the molecule is C[C@@]12C=CCOC(=O)[C@@H]1[C@H]1C(=O)N([C@@H](CO)Cc3ccccc3)C3C(=O)N(c4ccccc4Cl)CC=C[C@@]31O2. The van der Waals surface area contributed by atoms with Gasteiger partial charge in [-0.05, 0) is 37.1 Å². The molecule has 202 valence electrons. The van der Waals surface area contributed by atoms with Crippen molar-refractivity contribution in [3.63, 3.8) is 0 Å². The number of esters is 1. The zero-order valence-corrected chi connectivity index (χ0v) is 22.2. The molecule has 4 heterocycles. The molecule has 0 saturated carbocycles. The third-order valence-corrected chi connectivity index (χ3v) is 8.63. The highest BCUT2D eigenvalue weighted by Crippen LogP contribution is 2.58. The summed E-state index contributed by atoms with van der Waals surface area (Å²) in [6.07, 6.45) is 7.33. The number of amides is 2. The minimum atomic E-state index is -1.45. The van der Waals surface area contributed by atoms with E-state index in [1.807, 2.05) is 30.3 Å². The maximum absolute atomic E-state index is 14.5. The number of benzene rings is 2. The molecule has 6 rings (SSSR count). The van der Waals surface area contributed by atoms with Crippen LogP contribution in [0, 0.1) is 11.8 Å². The summed E-state index contributed by atoms with van der Waals surface area (Å²) < 4.78 is 12.2. The van der Waals surface area contributed by atoms with Crippen LogP contribution in [-0.4, -0.2) is 70.8 Å². The van der Waals surface area contributed by atoms with Crippen LogP contribution in [0.25, 0.3) is 0 Å². The van der Waals surface area contributed by atoms with Crippen LogP contribution in [0.3, 0.4) is 0 Å². The Bertz CT molecular complexity index is 1380. The topological polar surface area (TPSA) is 96.4 Å². The first-order chi connectivity index (χ1) is 18.8. The van der Waals surface area contributed by atoms with E-state index in [4.69, 9.17) is 21.1 Å². The fourth-order valence-electron chi connectivity index (χ4n) is 6.71. The highest BCUT2D eigenvalue weighted by molar-refractivity contribution is 6.34. The van der Waals surface area contributed by atoms with E-state index in [0.29, 0.717) is 17.1 Å². The van der Waals surface area contributed by atoms with Crippen molar-refractivity contribution in [2.24, 2.45) is 11.8 Å². The highest BCUT2D eigenvalue weighted by atomic mass is 35.5. The predicted octanol–water partition coefficient (Wildman–Crippen LogP) is 2.93. The van der Waals surface area contributed by atoms with Crippen molar-refractivity contribution >= 4 is 35.1 Å². The Kier molecular flexibility index (Phi) is 6.37. The molecule has 0 radical (unpaired) electrons. The van der Waals surface area contributed by atoms with Gasteiger partial charge < -0.3 is 24.4 Å². The Balaban J connectivity index is 1.51. The van der Waals surface area contributed by atoms with Crippen LogP contribution in [0.15, 0.2) is 78.9 Å². The number of fused-ring (bicyclic) bond motifs is 2. The van der Waals surface area contributed by atoms with Crippen LogP contribution in [0.1, 0.15) is 12.5 Å². The van der Waals surface area contributed by atoms with Gasteiger partial charge in [0.05, 0.1) is 34.9 Å². The maximum atomic E-state index is 14.5. The molecule has 1 N–H and O–H groups in total. The van der Waals surface area contributed by atoms with Crippen molar-refractivity contribution in [3.05, 3.63) is 89.5 Å². The van der Waals surface area contributed by atoms with Crippen LogP contribution >= 0.6 is 11.6 Å². The summed E-state index contributed by atoms with van der Waals surface area (Å²) >= 11 is 6.51. The molecular formula is C30H29ClN2O6. The van der Waals surface area contributed by atoms with E-state index in [1.54, 1.807) is 55.5 Å². The number of aliphatic hydroxyl groups is 1. The van der Waals surface area contributed by atoms with Crippen LogP contribution in [0.5, 0.6) is 0 Å². The molecular weight excluding hydrogens is 520 g/mol. The van der Waals surface area contributed by atoms with Gasteiger partial charge in [0.15, 0.2) is 0 Å². The number of nitrogens with zero attached hydrogens (tertiary/aromatic N) is 2. The minimum Gasteiger partial charge on any atom is -0.461 e. The average Bonchev–Trinajstić information content (AvgIpc) is 3.19. The van der Waals surface area contributed by atoms with Gasteiger partial charge in [-0.2, -0.15) is 0 Å². The predicted molar refractivity (Wildman–Crippen MR) is 144 cm³/mol. The molecule has 2 fully saturated rings. The zero-order valence-electron chi connectivity index (χ0n) is 21.4. The van der Waals surface area contributed by atoms with E-state index < -0.39 is 52.9 Å². The fraction of sp³-hybridized carbons (Fsp3) is 0.367. The van der Waals surface area contributed by atoms with Gasteiger partial charge in [0.1, 0.15) is 24.2 Å². The number of hydrogen-bond acceptors (Lipinski definition) is 6. The molecule has 9 heteroatoms. The van der Waals surface area contributed by atoms with Gasteiger partial charge >= 0.3 is 5.97 Å². The minimum absolute atomic E-state index is 0.0810. The number of ether oxygens (including phenoxy) is 2. The summed E-state index contributed by atoms with van der Waals surface area (Å²) in [5, 5.41) is 11.0. The molecule has 0 bridgehead atoms. The van der Waals surface area contributed by atoms with Gasteiger partial charge in [0.25, 0.3) is 5.91 Å². The van der Waals surface area contributed by atoms with E-state index in [-0.39, 0.29) is 19.8 Å². The molecule has 1 unspecified atom stereocenters. The Hall–Kier alpha value is -3.46. The lowest BCUT2D eigenvalue weighted by atomic mass is 9.75.